The van der Waals surface area contributed by atoms with E-state index in [4.69, 9.17) is 21.7 Å². The summed E-state index contributed by atoms with van der Waals surface area (Å²) >= 11 is 5.42. The lowest BCUT2D eigenvalue weighted by molar-refractivity contribution is 0.354. The molecule has 0 aliphatic heterocycles. The van der Waals surface area contributed by atoms with Crippen molar-refractivity contribution >= 4 is 17.3 Å². The summed E-state index contributed by atoms with van der Waals surface area (Å²) in [7, 11) is 3.30. The zero-order valence-electron chi connectivity index (χ0n) is 13.7. The van der Waals surface area contributed by atoms with Crippen molar-refractivity contribution < 1.29 is 9.47 Å². The van der Waals surface area contributed by atoms with Gasteiger partial charge in [0, 0.05) is 12.6 Å². The summed E-state index contributed by atoms with van der Waals surface area (Å²) in [6.45, 7) is 0.804. The largest absolute Gasteiger partial charge is 0.493 e. The number of allylic oxidation sites excluding steroid dienone is 1. The van der Waals surface area contributed by atoms with Gasteiger partial charge in [-0.2, -0.15) is 0 Å². The van der Waals surface area contributed by atoms with Crippen LogP contribution in [0, 0.1) is 11.8 Å². The Morgan fingerprint density at radius 1 is 1.17 bits per heavy atom. The van der Waals surface area contributed by atoms with Crippen LogP contribution in [0.3, 0.4) is 0 Å². The quantitative estimate of drug-likeness (QED) is 0.619. The van der Waals surface area contributed by atoms with Gasteiger partial charge in [0.2, 0.25) is 0 Å². The average Bonchev–Trinajstić information content (AvgIpc) is 3.17. The first-order valence-electron chi connectivity index (χ1n) is 8.13. The Hall–Kier alpha value is -1.75. The van der Waals surface area contributed by atoms with Crippen LogP contribution in [-0.2, 0) is 6.42 Å². The third-order valence-corrected chi connectivity index (χ3v) is 5.00. The van der Waals surface area contributed by atoms with Gasteiger partial charge in [-0.1, -0.05) is 18.2 Å². The Balaban J connectivity index is 1.44. The lowest BCUT2D eigenvalue weighted by Crippen LogP contribution is -2.44. The number of methoxy groups -OCH3 is 2. The summed E-state index contributed by atoms with van der Waals surface area (Å²) in [4.78, 5) is 0. The molecule has 2 aliphatic carbocycles. The van der Waals surface area contributed by atoms with Crippen LogP contribution in [0.2, 0.25) is 0 Å². The molecular weight excluding hydrogens is 308 g/mol. The Morgan fingerprint density at radius 3 is 2.65 bits per heavy atom. The third-order valence-electron chi connectivity index (χ3n) is 4.74. The molecule has 0 radical (unpaired) electrons. The maximum atomic E-state index is 5.42. The monoisotopic (exact) mass is 332 g/mol. The van der Waals surface area contributed by atoms with Gasteiger partial charge in [0.1, 0.15) is 0 Å². The first-order valence-corrected chi connectivity index (χ1v) is 8.54. The van der Waals surface area contributed by atoms with Gasteiger partial charge in [-0.15, -0.1) is 0 Å². The molecule has 0 amide bonds. The number of ether oxygens (including phenoxy) is 2. The van der Waals surface area contributed by atoms with E-state index in [0.717, 1.165) is 35.5 Å². The van der Waals surface area contributed by atoms with Crippen LogP contribution in [0.25, 0.3) is 0 Å². The predicted octanol–water partition coefficient (Wildman–Crippen LogP) is 2.68. The summed E-state index contributed by atoms with van der Waals surface area (Å²) < 4.78 is 10.6. The third kappa shape index (κ3) is 3.78. The fourth-order valence-electron chi connectivity index (χ4n) is 3.52. The average molecular weight is 332 g/mol. The molecule has 0 heterocycles. The SMILES string of the molecule is COc1ccc(CCNC(=S)N[C@H]2C[C@H]3C=C[C@@H]2C3)cc1OC. The van der Waals surface area contributed by atoms with Crippen molar-refractivity contribution in [1.29, 1.82) is 0 Å². The van der Waals surface area contributed by atoms with Gasteiger partial charge in [-0.25, -0.2) is 0 Å². The maximum Gasteiger partial charge on any atom is 0.166 e. The highest BCUT2D eigenvalue weighted by molar-refractivity contribution is 7.80. The molecule has 5 heteroatoms. The number of fused-ring (bicyclic) bond motifs is 2. The minimum atomic E-state index is 0.506. The van der Waals surface area contributed by atoms with Gasteiger partial charge >= 0.3 is 0 Å². The molecule has 0 spiro atoms. The molecule has 1 saturated carbocycles. The second-order valence-electron chi connectivity index (χ2n) is 6.23. The van der Waals surface area contributed by atoms with Crippen LogP contribution in [0.15, 0.2) is 30.4 Å². The van der Waals surface area contributed by atoms with Gasteiger partial charge in [0.25, 0.3) is 0 Å². The summed E-state index contributed by atoms with van der Waals surface area (Å²) in [6.07, 6.45) is 8.05. The summed E-state index contributed by atoms with van der Waals surface area (Å²) in [5.74, 6) is 2.93. The minimum absolute atomic E-state index is 0.506. The zero-order valence-corrected chi connectivity index (χ0v) is 14.5. The number of benzene rings is 1. The lowest BCUT2D eigenvalue weighted by atomic mass is 10.0. The molecule has 23 heavy (non-hydrogen) atoms. The molecule has 0 saturated heterocycles. The summed E-state index contributed by atoms with van der Waals surface area (Å²) in [5, 5.41) is 7.53. The Kier molecular flexibility index (Phi) is 5.06. The molecule has 0 aromatic heterocycles. The molecule has 4 nitrogen and oxygen atoms in total. The smallest absolute Gasteiger partial charge is 0.166 e. The van der Waals surface area contributed by atoms with Crippen LogP contribution >= 0.6 is 12.2 Å². The molecule has 1 aromatic rings. The van der Waals surface area contributed by atoms with Crippen molar-refractivity contribution in [3.05, 3.63) is 35.9 Å². The van der Waals surface area contributed by atoms with Crippen molar-refractivity contribution in [3.8, 4) is 11.5 Å². The summed E-state index contributed by atoms with van der Waals surface area (Å²) in [6, 6.07) is 6.51. The van der Waals surface area contributed by atoms with E-state index in [0.29, 0.717) is 12.0 Å². The highest BCUT2D eigenvalue weighted by Crippen LogP contribution is 2.38. The lowest BCUT2D eigenvalue weighted by Gasteiger charge is -2.22. The van der Waals surface area contributed by atoms with Gasteiger partial charge in [-0.05, 0) is 61.0 Å². The number of hydrogen-bond donors (Lipinski definition) is 2. The number of nitrogens with one attached hydrogen (secondary N) is 2. The van der Waals surface area contributed by atoms with Gasteiger partial charge in [0.15, 0.2) is 16.6 Å². The van der Waals surface area contributed by atoms with E-state index in [9.17, 15) is 0 Å². The molecule has 1 aromatic carbocycles. The molecule has 3 atom stereocenters. The van der Waals surface area contributed by atoms with Crippen LogP contribution in [0.5, 0.6) is 11.5 Å². The molecule has 124 valence electrons. The van der Waals surface area contributed by atoms with Crippen LogP contribution in [-0.4, -0.2) is 31.9 Å². The van der Waals surface area contributed by atoms with Crippen molar-refractivity contribution in [2.24, 2.45) is 11.8 Å². The van der Waals surface area contributed by atoms with E-state index in [1.807, 2.05) is 12.1 Å². The number of rotatable bonds is 6. The fourth-order valence-corrected chi connectivity index (χ4v) is 3.78. The van der Waals surface area contributed by atoms with E-state index in [1.165, 1.54) is 18.4 Å². The normalized spacial score (nSPS) is 24.5. The predicted molar refractivity (Wildman–Crippen MR) is 96.1 cm³/mol. The second kappa shape index (κ2) is 7.21. The van der Waals surface area contributed by atoms with Crippen molar-refractivity contribution in [2.75, 3.05) is 20.8 Å². The molecular formula is C18H24N2O2S. The molecule has 2 N–H and O–H groups in total. The van der Waals surface area contributed by atoms with Crippen molar-refractivity contribution in [3.63, 3.8) is 0 Å². The summed E-state index contributed by atoms with van der Waals surface area (Å²) in [5.41, 5.74) is 1.20. The first-order chi connectivity index (χ1) is 11.2. The number of hydrogen-bond acceptors (Lipinski definition) is 3. The minimum Gasteiger partial charge on any atom is -0.493 e. The number of thiocarbonyl (C=S) groups is 1. The Morgan fingerprint density at radius 2 is 2.00 bits per heavy atom. The standard InChI is InChI=1S/C18H24N2O2S/c1-21-16-6-4-12(11-17(16)22-2)7-8-19-18(23)20-15-10-13-3-5-14(15)9-13/h3-6,11,13-15H,7-10H2,1-2H3,(H2,19,20,23)/t13-,14+,15-/m0/s1. The molecule has 2 aliphatic rings. The maximum absolute atomic E-state index is 5.42. The first kappa shape index (κ1) is 16.1. The van der Waals surface area contributed by atoms with Gasteiger partial charge in [0.05, 0.1) is 14.2 Å². The Bertz CT molecular complexity index is 603. The van der Waals surface area contributed by atoms with Crippen LogP contribution in [0.4, 0.5) is 0 Å². The van der Waals surface area contributed by atoms with Crippen molar-refractivity contribution in [1.82, 2.24) is 10.6 Å². The highest BCUT2D eigenvalue weighted by atomic mass is 32.1. The molecule has 1 fully saturated rings. The molecule has 2 bridgehead atoms. The van der Waals surface area contributed by atoms with Crippen molar-refractivity contribution in [2.45, 2.75) is 25.3 Å². The zero-order chi connectivity index (χ0) is 16.2. The van der Waals surface area contributed by atoms with Crippen LogP contribution in [0.1, 0.15) is 18.4 Å². The Labute approximate surface area is 143 Å². The second-order valence-corrected chi connectivity index (χ2v) is 6.63. The fraction of sp³-hybridized carbons (Fsp3) is 0.500. The van der Waals surface area contributed by atoms with Gasteiger partial charge < -0.3 is 20.1 Å². The van der Waals surface area contributed by atoms with Crippen LogP contribution < -0.4 is 20.1 Å². The highest BCUT2D eigenvalue weighted by Gasteiger charge is 2.35. The molecule has 3 rings (SSSR count). The van der Waals surface area contributed by atoms with E-state index < -0.39 is 0 Å². The van der Waals surface area contributed by atoms with E-state index >= 15 is 0 Å². The topological polar surface area (TPSA) is 42.5 Å². The van der Waals surface area contributed by atoms with E-state index in [2.05, 4.69) is 28.9 Å². The van der Waals surface area contributed by atoms with E-state index in [-0.39, 0.29) is 0 Å². The molecule has 0 unspecified atom stereocenters. The van der Waals surface area contributed by atoms with E-state index in [1.54, 1.807) is 14.2 Å². The van der Waals surface area contributed by atoms with Gasteiger partial charge in [-0.3, -0.25) is 0 Å².